The first-order chi connectivity index (χ1) is 8.22. The summed E-state index contributed by atoms with van der Waals surface area (Å²) in [6, 6.07) is -0.0776. The molecule has 0 spiro atoms. The second-order valence-corrected chi connectivity index (χ2v) is 5.66. The first-order valence-electron chi connectivity index (χ1n) is 6.41. The number of hydrogen-bond donors (Lipinski definition) is 3. The largest absolute Gasteiger partial charge is 0.393 e. The fraction of sp³-hybridized carbons (Fsp3) is 0.917. The molecule has 0 bridgehead atoms. The van der Waals surface area contributed by atoms with Gasteiger partial charge in [0.25, 0.3) is 0 Å². The standard InChI is InChI=1S/C12H24N2O2S/c1-17-7-3-6-13-12(16)14-9-10-4-2-5-11(15)8-10/h10-11,15H,2-9H2,1H3,(H2,13,14,16). The van der Waals surface area contributed by atoms with Crippen LogP contribution >= 0.6 is 11.8 Å². The molecule has 0 aromatic rings. The number of thioether (sulfide) groups is 1. The maximum Gasteiger partial charge on any atom is 0.314 e. The molecule has 17 heavy (non-hydrogen) atoms. The smallest absolute Gasteiger partial charge is 0.314 e. The summed E-state index contributed by atoms with van der Waals surface area (Å²) in [7, 11) is 0. The molecular formula is C12H24N2O2S. The Morgan fingerprint density at radius 2 is 2.24 bits per heavy atom. The lowest BCUT2D eigenvalue weighted by Gasteiger charge is -2.25. The van der Waals surface area contributed by atoms with Gasteiger partial charge in [-0.15, -0.1) is 0 Å². The van der Waals surface area contributed by atoms with Crippen LogP contribution in [0.15, 0.2) is 0 Å². The van der Waals surface area contributed by atoms with Gasteiger partial charge in [0.1, 0.15) is 0 Å². The predicted octanol–water partition coefficient (Wildman–Crippen LogP) is 1.59. The van der Waals surface area contributed by atoms with Crippen molar-refractivity contribution in [3.8, 4) is 0 Å². The van der Waals surface area contributed by atoms with E-state index in [0.29, 0.717) is 12.5 Å². The van der Waals surface area contributed by atoms with Gasteiger partial charge in [-0.1, -0.05) is 6.42 Å². The summed E-state index contributed by atoms with van der Waals surface area (Å²) in [5, 5.41) is 15.2. The lowest BCUT2D eigenvalue weighted by atomic mass is 9.87. The molecule has 0 radical (unpaired) electrons. The van der Waals surface area contributed by atoms with Gasteiger partial charge in [-0.05, 0) is 43.6 Å². The van der Waals surface area contributed by atoms with Crippen molar-refractivity contribution in [3.05, 3.63) is 0 Å². The van der Waals surface area contributed by atoms with Crippen molar-refractivity contribution in [2.24, 2.45) is 5.92 Å². The molecule has 100 valence electrons. The van der Waals surface area contributed by atoms with Crippen LogP contribution in [0.5, 0.6) is 0 Å². The highest BCUT2D eigenvalue weighted by atomic mass is 32.2. The van der Waals surface area contributed by atoms with E-state index in [1.165, 1.54) is 0 Å². The minimum absolute atomic E-state index is 0.0776. The fourth-order valence-corrected chi connectivity index (χ4v) is 2.60. The molecule has 0 aromatic carbocycles. The van der Waals surface area contributed by atoms with Crippen molar-refractivity contribution >= 4 is 17.8 Å². The Labute approximate surface area is 108 Å². The first-order valence-corrected chi connectivity index (χ1v) is 7.80. The number of urea groups is 1. The minimum Gasteiger partial charge on any atom is -0.393 e. The summed E-state index contributed by atoms with van der Waals surface area (Å²) >= 11 is 1.79. The molecule has 2 unspecified atom stereocenters. The van der Waals surface area contributed by atoms with E-state index in [2.05, 4.69) is 16.9 Å². The molecular weight excluding hydrogens is 236 g/mol. The van der Waals surface area contributed by atoms with E-state index in [0.717, 1.165) is 44.4 Å². The highest BCUT2D eigenvalue weighted by Gasteiger charge is 2.20. The number of aliphatic hydroxyl groups is 1. The molecule has 1 fully saturated rings. The lowest BCUT2D eigenvalue weighted by Crippen LogP contribution is -2.40. The van der Waals surface area contributed by atoms with Crippen molar-refractivity contribution in [1.82, 2.24) is 10.6 Å². The van der Waals surface area contributed by atoms with Crippen molar-refractivity contribution in [3.63, 3.8) is 0 Å². The maximum absolute atomic E-state index is 11.4. The van der Waals surface area contributed by atoms with Crippen LogP contribution in [0.1, 0.15) is 32.1 Å². The van der Waals surface area contributed by atoms with Crippen LogP contribution in [0.4, 0.5) is 4.79 Å². The van der Waals surface area contributed by atoms with Gasteiger partial charge in [-0.2, -0.15) is 11.8 Å². The second-order valence-electron chi connectivity index (χ2n) is 4.67. The van der Waals surface area contributed by atoms with Crippen molar-refractivity contribution in [2.75, 3.05) is 25.1 Å². The highest BCUT2D eigenvalue weighted by molar-refractivity contribution is 7.98. The Morgan fingerprint density at radius 3 is 2.94 bits per heavy atom. The molecule has 2 amide bonds. The normalized spacial score (nSPS) is 24.4. The van der Waals surface area contributed by atoms with Gasteiger partial charge in [0.15, 0.2) is 0 Å². The summed E-state index contributed by atoms with van der Waals surface area (Å²) in [6.07, 6.45) is 6.84. The van der Waals surface area contributed by atoms with Crippen molar-refractivity contribution < 1.29 is 9.90 Å². The molecule has 3 N–H and O–H groups in total. The number of carbonyl (C=O) groups excluding carboxylic acids is 1. The Bertz CT molecular complexity index is 227. The van der Waals surface area contributed by atoms with Crippen LogP contribution in [0.25, 0.3) is 0 Å². The maximum atomic E-state index is 11.4. The molecule has 1 aliphatic rings. The molecule has 1 saturated carbocycles. The zero-order chi connectivity index (χ0) is 12.5. The monoisotopic (exact) mass is 260 g/mol. The van der Waals surface area contributed by atoms with E-state index in [9.17, 15) is 9.90 Å². The number of amides is 2. The Balaban J connectivity index is 2.02. The van der Waals surface area contributed by atoms with Gasteiger partial charge in [0.05, 0.1) is 6.10 Å². The van der Waals surface area contributed by atoms with Gasteiger partial charge < -0.3 is 15.7 Å². The van der Waals surface area contributed by atoms with E-state index < -0.39 is 0 Å². The van der Waals surface area contributed by atoms with E-state index in [-0.39, 0.29) is 12.1 Å². The molecule has 5 heteroatoms. The van der Waals surface area contributed by atoms with Gasteiger partial charge >= 0.3 is 6.03 Å². The van der Waals surface area contributed by atoms with Crippen LogP contribution in [0, 0.1) is 5.92 Å². The van der Waals surface area contributed by atoms with Crippen LogP contribution in [-0.4, -0.2) is 42.3 Å². The number of rotatable bonds is 6. The van der Waals surface area contributed by atoms with Gasteiger partial charge in [-0.3, -0.25) is 0 Å². The Hall–Kier alpha value is -0.420. The van der Waals surface area contributed by atoms with Crippen LogP contribution in [0.3, 0.4) is 0 Å². The molecule has 0 saturated heterocycles. The SMILES string of the molecule is CSCCCNC(=O)NCC1CCCC(O)C1. The third kappa shape index (κ3) is 6.78. The van der Waals surface area contributed by atoms with Crippen molar-refractivity contribution in [1.29, 1.82) is 0 Å². The number of hydrogen-bond acceptors (Lipinski definition) is 3. The lowest BCUT2D eigenvalue weighted by molar-refractivity contribution is 0.101. The first kappa shape index (κ1) is 14.6. The number of aliphatic hydroxyl groups excluding tert-OH is 1. The molecule has 1 aliphatic carbocycles. The number of carbonyl (C=O) groups is 1. The highest BCUT2D eigenvalue weighted by Crippen LogP contribution is 2.23. The predicted molar refractivity (Wildman–Crippen MR) is 72.4 cm³/mol. The summed E-state index contributed by atoms with van der Waals surface area (Å²) < 4.78 is 0. The molecule has 0 aromatic heterocycles. The third-order valence-corrected chi connectivity index (χ3v) is 3.81. The zero-order valence-electron chi connectivity index (χ0n) is 10.6. The van der Waals surface area contributed by atoms with Crippen LogP contribution in [0.2, 0.25) is 0 Å². The van der Waals surface area contributed by atoms with E-state index in [1.807, 2.05) is 0 Å². The molecule has 4 nitrogen and oxygen atoms in total. The van der Waals surface area contributed by atoms with Crippen LogP contribution < -0.4 is 10.6 Å². The molecule has 0 aliphatic heterocycles. The van der Waals surface area contributed by atoms with Gasteiger partial charge in [-0.25, -0.2) is 4.79 Å². The average Bonchev–Trinajstić information content (AvgIpc) is 2.32. The number of nitrogens with one attached hydrogen (secondary N) is 2. The van der Waals surface area contributed by atoms with E-state index >= 15 is 0 Å². The van der Waals surface area contributed by atoms with Crippen LogP contribution in [-0.2, 0) is 0 Å². The second kappa shape index (κ2) is 8.64. The molecule has 1 rings (SSSR count). The average molecular weight is 260 g/mol. The van der Waals surface area contributed by atoms with Crippen molar-refractivity contribution in [2.45, 2.75) is 38.2 Å². The molecule has 2 atom stereocenters. The summed E-state index contributed by atoms with van der Waals surface area (Å²) in [4.78, 5) is 11.4. The van der Waals surface area contributed by atoms with E-state index in [4.69, 9.17) is 0 Å². The minimum atomic E-state index is -0.166. The van der Waals surface area contributed by atoms with E-state index in [1.54, 1.807) is 11.8 Å². The van der Waals surface area contributed by atoms with Gasteiger partial charge in [0.2, 0.25) is 0 Å². The Kier molecular flexibility index (Phi) is 7.44. The summed E-state index contributed by atoms with van der Waals surface area (Å²) in [5.74, 6) is 1.52. The quantitative estimate of drug-likeness (QED) is 0.636. The Morgan fingerprint density at radius 1 is 1.41 bits per heavy atom. The molecule has 0 heterocycles. The topological polar surface area (TPSA) is 61.4 Å². The van der Waals surface area contributed by atoms with Gasteiger partial charge in [0, 0.05) is 13.1 Å². The third-order valence-electron chi connectivity index (χ3n) is 3.12. The fourth-order valence-electron chi connectivity index (χ4n) is 2.17. The zero-order valence-corrected chi connectivity index (χ0v) is 11.4. The summed E-state index contributed by atoms with van der Waals surface area (Å²) in [6.45, 7) is 1.42. The summed E-state index contributed by atoms with van der Waals surface area (Å²) in [5.41, 5.74) is 0.